The van der Waals surface area contributed by atoms with E-state index in [1.54, 1.807) is 0 Å². The predicted molar refractivity (Wildman–Crippen MR) is 71.1 cm³/mol. The minimum absolute atomic E-state index is 0.0823. The van der Waals surface area contributed by atoms with Crippen LogP contribution in [0.5, 0.6) is 0 Å². The highest BCUT2D eigenvalue weighted by Gasteiger charge is 2.38. The zero-order valence-corrected chi connectivity index (χ0v) is 11.1. The van der Waals surface area contributed by atoms with Crippen LogP contribution in [-0.2, 0) is 0 Å². The van der Waals surface area contributed by atoms with Gasteiger partial charge < -0.3 is 4.90 Å². The molecule has 0 spiro atoms. The van der Waals surface area contributed by atoms with Crippen molar-refractivity contribution in [2.45, 2.75) is 39.7 Å². The molecule has 0 N–H and O–H groups in total. The Hall–Kier alpha value is -1.49. The SMILES string of the molecule is Cc1cccc(N2CC(C#N)CC2(C)C)c1C. The highest BCUT2D eigenvalue weighted by molar-refractivity contribution is 5.58. The van der Waals surface area contributed by atoms with Crippen molar-refractivity contribution in [2.75, 3.05) is 11.4 Å². The molecule has 1 aliphatic heterocycles. The Morgan fingerprint density at radius 1 is 1.35 bits per heavy atom. The summed E-state index contributed by atoms with van der Waals surface area (Å²) in [7, 11) is 0. The monoisotopic (exact) mass is 228 g/mol. The average molecular weight is 228 g/mol. The molecule has 1 aliphatic rings. The molecule has 17 heavy (non-hydrogen) atoms. The lowest BCUT2D eigenvalue weighted by molar-refractivity contribution is 0.502. The van der Waals surface area contributed by atoms with E-state index < -0.39 is 0 Å². The molecule has 1 saturated heterocycles. The van der Waals surface area contributed by atoms with Crippen molar-refractivity contribution in [3.63, 3.8) is 0 Å². The average Bonchev–Trinajstić information content (AvgIpc) is 2.58. The Morgan fingerprint density at radius 2 is 2.06 bits per heavy atom. The summed E-state index contributed by atoms with van der Waals surface area (Å²) in [5.41, 5.74) is 4.02. The van der Waals surface area contributed by atoms with Gasteiger partial charge >= 0.3 is 0 Å². The molecule has 0 radical (unpaired) electrons. The van der Waals surface area contributed by atoms with E-state index in [0.29, 0.717) is 0 Å². The van der Waals surface area contributed by atoms with Gasteiger partial charge in [-0.3, -0.25) is 0 Å². The van der Waals surface area contributed by atoms with E-state index in [9.17, 15) is 0 Å². The summed E-state index contributed by atoms with van der Waals surface area (Å²) < 4.78 is 0. The Labute approximate surface area is 104 Å². The molecule has 0 aromatic heterocycles. The molecule has 90 valence electrons. The largest absolute Gasteiger partial charge is 0.365 e. The van der Waals surface area contributed by atoms with Crippen molar-refractivity contribution < 1.29 is 0 Å². The van der Waals surface area contributed by atoms with Crippen LogP contribution in [0.25, 0.3) is 0 Å². The van der Waals surface area contributed by atoms with Crippen LogP contribution in [0.3, 0.4) is 0 Å². The summed E-state index contributed by atoms with van der Waals surface area (Å²) in [6, 6.07) is 8.83. The maximum Gasteiger partial charge on any atom is 0.0675 e. The summed E-state index contributed by atoms with van der Waals surface area (Å²) in [4.78, 5) is 2.39. The molecule has 0 aliphatic carbocycles. The highest BCUT2D eigenvalue weighted by atomic mass is 15.2. The van der Waals surface area contributed by atoms with E-state index in [4.69, 9.17) is 5.26 Å². The number of nitrogens with zero attached hydrogens (tertiary/aromatic N) is 2. The molecule has 1 aromatic carbocycles. The van der Waals surface area contributed by atoms with Crippen LogP contribution in [0, 0.1) is 31.1 Å². The second-order valence-electron chi connectivity index (χ2n) is 5.67. The molecule has 1 aromatic rings. The van der Waals surface area contributed by atoms with Gasteiger partial charge in [0.1, 0.15) is 0 Å². The summed E-state index contributed by atoms with van der Waals surface area (Å²) in [6.07, 6.45) is 0.955. The third kappa shape index (κ3) is 2.02. The van der Waals surface area contributed by atoms with Crippen LogP contribution in [0.2, 0.25) is 0 Å². The van der Waals surface area contributed by atoms with Gasteiger partial charge in [0.25, 0.3) is 0 Å². The lowest BCUT2D eigenvalue weighted by Gasteiger charge is -2.35. The normalized spacial score (nSPS) is 22.5. The number of aryl methyl sites for hydroxylation is 1. The van der Waals surface area contributed by atoms with Gasteiger partial charge in [0, 0.05) is 17.8 Å². The van der Waals surface area contributed by atoms with E-state index in [1.807, 2.05) is 0 Å². The first-order valence-electron chi connectivity index (χ1n) is 6.19. The summed E-state index contributed by atoms with van der Waals surface area (Å²) in [5.74, 6) is 0.157. The van der Waals surface area contributed by atoms with Crippen molar-refractivity contribution in [3.8, 4) is 6.07 Å². The molecular weight excluding hydrogens is 208 g/mol. The quantitative estimate of drug-likeness (QED) is 0.736. The van der Waals surface area contributed by atoms with Gasteiger partial charge in [-0.1, -0.05) is 12.1 Å². The Bertz CT molecular complexity index is 468. The zero-order valence-electron chi connectivity index (χ0n) is 11.1. The molecule has 2 nitrogen and oxygen atoms in total. The van der Waals surface area contributed by atoms with Crippen LogP contribution >= 0.6 is 0 Å². The smallest absolute Gasteiger partial charge is 0.0675 e. The van der Waals surface area contributed by atoms with Gasteiger partial charge in [-0.05, 0) is 51.3 Å². The molecular formula is C15H20N2. The lowest BCUT2D eigenvalue weighted by atomic mass is 9.96. The highest BCUT2D eigenvalue weighted by Crippen LogP contribution is 2.38. The second-order valence-corrected chi connectivity index (χ2v) is 5.67. The van der Waals surface area contributed by atoms with E-state index in [-0.39, 0.29) is 11.5 Å². The topological polar surface area (TPSA) is 27.0 Å². The van der Waals surface area contributed by atoms with Crippen LogP contribution in [0.15, 0.2) is 18.2 Å². The van der Waals surface area contributed by atoms with Crippen molar-refractivity contribution in [1.82, 2.24) is 0 Å². The first-order valence-corrected chi connectivity index (χ1v) is 6.19. The summed E-state index contributed by atoms with van der Waals surface area (Å²) in [5, 5.41) is 9.11. The Balaban J connectivity index is 2.41. The summed E-state index contributed by atoms with van der Waals surface area (Å²) >= 11 is 0. The minimum atomic E-state index is 0.0823. The standard InChI is InChI=1S/C15H20N2/c1-11-6-5-7-14(12(11)2)17-10-13(9-16)8-15(17,3)4/h5-7,13H,8,10H2,1-4H3. The Morgan fingerprint density at radius 3 is 2.65 bits per heavy atom. The van der Waals surface area contributed by atoms with E-state index in [1.165, 1.54) is 16.8 Å². The van der Waals surface area contributed by atoms with Crippen molar-refractivity contribution in [1.29, 1.82) is 5.26 Å². The molecule has 0 saturated carbocycles. The molecule has 2 heteroatoms. The van der Waals surface area contributed by atoms with E-state index in [0.717, 1.165) is 13.0 Å². The molecule has 1 atom stereocenters. The van der Waals surface area contributed by atoms with E-state index >= 15 is 0 Å². The van der Waals surface area contributed by atoms with Gasteiger partial charge in [0.2, 0.25) is 0 Å². The fourth-order valence-corrected chi connectivity index (χ4v) is 2.78. The molecule has 2 rings (SSSR count). The Kier molecular flexibility index (Phi) is 2.87. The van der Waals surface area contributed by atoms with Gasteiger partial charge in [-0.15, -0.1) is 0 Å². The number of nitriles is 1. The molecule has 0 amide bonds. The predicted octanol–water partition coefficient (Wildman–Crippen LogP) is 3.43. The van der Waals surface area contributed by atoms with Crippen LogP contribution < -0.4 is 4.90 Å². The fraction of sp³-hybridized carbons (Fsp3) is 0.533. The lowest BCUT2D eigenvalue weighted by Crippen LogP contribution is -2.38. The number of anilines is 1. The minimum Gasteiger partial charge on any atom is -0.365 e. The van der Waals surface area contributed by atoms with Gasteiger partial charge in [-0.2, -0.15) is 5.26 Å². The van der Waals surface area contributed by atoms with Crippen molar-refractivity contribution in [2.24, 2.45) is 5.92 Å². The van der Waals surface area contributed by atoms with Crippen LogP contribution in [0.4, 0.5) is 5.69 Å². The maximum atomic E-state index is 9.11. The van der Waals surface area contributed by atoms with Gasteiger partial charge in [-0.25, -0.2) is 0 Å². The van der Waals surface area contributed by atoms with Crippen LogP contribution in [-0.4, -0.2) is 12.1 Å². The zero-order chi connectivity index (χ0) is 12.6. The molecule has 1 unspecified atom stereocenters. The number of hydrogen-bond donors (Lipinski definition) is 0. The second kappa shape index (κ2) is 4.07. The molecule has 0 bridgehead atoms. The van der Waals surface area contributed by atoms with Crippen molar-refractivity contribution >= 4 is 5.69 Å². The van der Waals surface area contributed by atoms with Crippen LogP contribution in [0.1, 0.15) is 31.4 Å². The first-order chi connectivity index (χ1) is 7.95. The third-order valence-corrected chi connectivity index (χ3v) is 3.93. The number of hydrogen-bond acceptors (Lipinski definition) is 2. The van der Waals surface area contributed by atoms with Crippen molar-refractivity contribution in [3.05, 3.63) is 29.3 Å². The molecule has 1 heterocycles. The van der Waals surface area contributed by atoms with Gasteiger partial charge in [0.05, 0.1) is 12.0 Å². The maximum absolute atomic E-state index is 9.11. The summed E-state index contributed by atoms with van der Waals surface area (Å²) in [6.45, 7) is 9.62. The number of rotatable bonds is 1. The molecule has 1 fully saturated rings. The first kappa shape index (κ1) is 12.0. The number of benzene rings is 1. The van der Waals surface area contributed by atoms with E-state index in [2.05, 4.69) is 56.9 Å². The third-order valence-electron chi connectivity index (χ3n) is 3.93. The fourth-order valence-electron chi connectivity index (χ4n) is 2.78. The van der Waals surface area contributed by atoms with Gasteiger partial charge in [0.15, 0.2) is 0 Å².